The first-order chi connectivity index (χ1) is 17.6. The van der Waals surface area contributed by atoms with Crippen LogP contribution in [0.4, 0.5) is 5.69 Å². The van der Waals surface area contributed by atoms with E-state index in [-0.39, 0.29) is 23.4 Å². The van der Waals surface area contributed by atoms with Crippen LogP contribution in [-0.2, 0) is 26.2 Å². The van der Waals surface area contributed by atoms with Crippen molar-refractivity contribution in [1.29, 1.82) is 0 Å². The van der Waals surface area contributed by atoms with Crippen LogP contribution in [0, 0.1) is 0 Å². The summed E-state index contributed by atoms with van der Waals surface area (Å²) in [4.78, 5) is 28.2. The van der Waals surface area contributed by atoms with Crippen LogP contribution in [0.25, 0.3) is 0 Å². The number of carbonyl (C=O) groups is 2. The molecular weight excluding hydrogens is 490 g/mol. The van der Waals surface area contributed by atoms with Gasteiger partial charge < -0.3 is 15.0 Å². The highest BCUT2D eigenvalue weighted by atomic mass is 32.2. The largest absolute Gasteiger partial charge is 0.497 e. The average Bonchev–Trinajstić information content (AvgIpc) is 2.90. The Morgan fingerprint density at radius 1 is 0.865 bits per heavy atom. The van der Waals surface area contributed by atoms with Crippen molar-refractivity contribution in [3.05, 3.63) is 90.5 Å². The van der Waals surface area contributed by atoms with Crippen LogP contribution in [-0.4, -0.2) is 50.9 Å². The molecule has 3 aromatic carbocycles. The predicted molar refractivity (Wildman–Crippen MR) is 144 cm³/mol. The summed E-state index contributed by atoms with van der Waals surface area (Å²) < 4.78 is 33.6. The molecule has 1 atom stereocenters. The molecule has 3 aromatic rings. The Morgan fingerprint density at radius 2 is 1.43 bits per heavy atom. The monoisotopic (exact) mass is 523 g/mol. The van der Waals surface area contributed by atoms with Crippen LogP contribution in [0.15, 0.2) is 89.8 Å². The van der Waals surface area contributed by atoms with Crippen molar-refractivity contribution < 1.29 is 22.7 Å². The van der Waals surface area contributed by atoms with Gasteiger partial charge in [-0.25, -0.2) is 8.42 Å². The number of ether oxygens (including phenoxy) is 1. The van der Waals surface area contributed by atoms with Gasteiger partial charge in [-0.15, -0.1) is 0 Å². The highest BCUT2D eigenvalue weighted by Crippen LogP contribution is 2.24. The average molecular weight is 524 g/mol. The molecule has 37 heavy (non-hydrogen) atoms. The number of para-hydroxylation sites is 1. The quantitative estimate of drug-likeness (QED) is 0.412. The van der Waals surface area contributed by atoms with E-state index in [2.05, 4.69) is 5.32 Å². The lowest BCUT2D eigenvalue weighted by Crippen LogP contribution is -2.52. The number of nitrogens with one attached hydrogen (secondary N) is 1. The number of amides is 2. The molecule has 0 spiro atoms. The topological polar surface area (TPSA) is 96.0 Å². The molecule has 0 saturated heterocycles. The zero-order valence-corrected chi connectivity index (χ0v) is 22.3. The van der Waals surface area contributed by atoms with Crippen LogP contribution < -0.4 is 14.4 Å². The molecule has 3 rings (SSSR count). The van der Waals surface area contributed by atoms with Crippen LogP contribution in [0.2, 0.25) is 0 Å². The maximum absolute atomic E-state index is 13.8. The molecule has 0 radical (unpaired) electrons. The highest BCUT2D eigenvalue weighted by molar-refractivity contribution is 7.92. The summed E-state index contributed by atoms with van der Waals surface area (Å²) in [7, 11) is -2.50. The number of rotatable bonds is 11. The number of hydrogen-bond acceptors (Lipinski definition) is 5. The Bertz CT molecular complexity index is 1280. The molecule has 8 nitrogen and oxygen atoms in total. The van der Waals surface area contributed by atoms with Gasteiger partial charge in [-0.3, -0.25) is 13.9 Å². The second-order valence-corrected chi connectivity index (χ2v) is 10.7. The van der Waals surface area contributed by atoms with Crippen molar-refractivity contribution in [2.45, 2.75) is 44.3 Å². The van der Waals surface area contributed by atoms with Gasteiger partial charge >= 0.3 is 0 Å². The van der Waals surface area contributed by atoms with E-state index in [0.717, 1.165) is 9.87 Å². The van der Waals surface area contributed by atoms with Gasteiger partial charge in [-0.1, -0.05) is 48.5 Å². The van der Waals surface area contributed by atoms with Gasteiger partial charge in [0.25, 0.3) is 10.0 Å². The molecule has 0 aromatic heterocycles. The third kappa shape index (κ3) is 7.10. The molecule has 0 fully saturated rings. The molecular formula is C28H33N3O5S. The first kappa shape index (κ1) is 27.7. The molecule has 9 heteroatoms. The first-order valence-electron chi connectivity index (χ1n) is 12.0. The summed E-state index contributed by atoms with van der Waals surface area (Å²) >= 11 is 0. The van der Waals surface area contributed by atoms with Gasteiger partial charge in [-0.2, -0.15) is 0 Å². The molecule has 1 N–H and O–H groups in total. The van der Waals surface area contributed by atoms with Gasteiger partial charge in [0.1, 0.15) is 18.3 Å². The van der Waals surface area contributed by atoms with Gasteiger partial charge in [-0.05, 0) is 62.7 Å². The number of hydrogen-bond donors (Lipinski definition) is 1. The van der Waals surface area contributed by atoms with E-state index in [1.807, 2.05) is 26.0 Å². The van der Waals surface area contributed by atoms with Crippen LogP contribution in [0.1, 0.15) is 26.3 Å². The molecule has 196 valence electrons. The Hall–Kier alpha value is -3.85. The summed E-state index contributed by atoms with van der Waals surface area (Å²) in [6.07, 6.45) is 0. The number of benzene rings is 3. The maximum atomic E-state index is 13.8. The molecule has 2 amide bonds. The second kappa shape index (κ2) is 12.4. The Balaban J connectivity index is 1.98. The zero-order valence-electron chi connectivity index (χ0n) is 21.5. The van der Waals surface area contributed by atoms with E-state index < -0.39 is 28.5 Å². The predicted octanol–water partition coefficient (Wildman–Crippen LogP) is 3.83. The van der Waals surface area contributed by atoms with Crippen LogP contribution in [0.5, 0.6) is 5.75 Å². The zero-order chi connectivity index (χ0) is 27.0. The fourth-order valence-corrected chi connectivity index (χ4v) is 5.19. The minimum absolute atomic E-state index is 0.0685. The van der Waals surface area contributed by atoms with E-state index in [9.17, 15) is 18.0 Å². The van der Waals surface area contributed by atoms with Crippen LogP contribution in [0.3, 0.4) is 0 Å². The van der Waals surface area contributed by atoms with Crippen LogP contribution >= 0.6 is 0 Å². The van der Waals surface area contributed by atoms with Crippen molar-refractivity contribution in [2.24, 2.45) is 0 Å². The smallest absolute Gasteiger partial charge is 0.264 e. The Labute approximate surface area is 218 Å². The SMILES string of the molecule is COc1ccc(CN(C(=O)CN(c2ccccc2)S(=O)(=O)c2ccccc2)[C@@H](C)C(=O)NC(C)C)cc1. The van der Waals surface area contributed by atoms with Crippen molar-refractivity contribution in [1.82, 2.24) is 10.2 Å². The van der Waals surface area contributed by atoms with Gasteiger partial charge in [0.05, 0.1) is 17.7 Å². The third-order valence-electron chi connectivity index (χ3n) is 5.76. The lowest BCUT2D eigenvalue weighted by Gasteiger charge is -2.32. The van der Waals surface area contributed by atoms with E-state index in [4.69, 9.17) is 4.74 Å². The summed E-state index contributed by atoms with van der Waals surface area (Å²) in [6, 6.07) is 22.6. The number of anilines is 1. The van der Waals surface area contributed by atoms with E-state index in [1.165, 1.54) is 17.0 Å². The standard InChI is InChI=1S/C28H33N3O5S/c1-21(2)29-28(33)22(3)30(19-23-15-17-25(36-4)18-16-23)27(32)20-31(24-11-7-5-8-12-24)37(34,35)26-13-9-6-10-14-26/h5-18,21-22H,19-20H2,1-4H3,(H,29,33)/t22-/m0/s1. The fourth-order valence-electron chi connectivity index (χ4n) is 3.76. The second-order valence-electron chi connectivity index (χ2n) is 8.87. The summed E-state index contributed by atoms with van der Waals surface area (Å²) in [5.74, 6) is -0.170. The summed E-state index contributed by atoms with van der Waals surface area (Å²) in [5, 5.41) is 2.84. The number of carbonyl (C=O) groups excluding carboxylic acids is 2. The minimum atomic E-state index is -4.06. The van der Waals surface area contributed by atoms with Gasteiger partial charge in [0, 0.05) is 12.6 Å². The summed E-state index contributed by atoms with van der Waals surface area (Å²) in [6.45, 7) is 4.95. The lowest BCUT2D eigenvalue weighted by molar-refractivity contribution is -0.139. The lowest BCUT2D eigenvalue weighted by atomic mass is 10.1. The third-order valence-corrected chi connectivity index (χ3v) is 7.55. The molecule has 0 heterocycles. The normalized spacial score (nSPS) is 12.0. The van der Waals surface area contributed by atoms with E-state index >= 15 is 0 Å². The fraction of sp³-hybridized carbons (Fsp3) is 0.286. The molecule has 0 aliphatic heterocycles. The van der Waals surface area contributed by atoms with Gasteiger partial charge in [0.15, 0.2) is 0 Å². The van der Waals surface area contributed by atoms with Crippen molar-refractivity contribution in [3.63, 3.8) is 0 Å². The maximum Gasteiger partial charge on any atom is 0.264 e. The van der Waals surface area contributed by atoms with E-state index in [0.29, 0.717) is 11.4 Å². The van der Waals surface area contributed by atoms with Gasteiger partial charge in [0.2, 0.25) is 11.8 Å². The number of nitrogens with zero attached hydrogens (tertiary/aromatic N) is 2. The minimum Gasteiger partial charge on any atom is -0.497 e. The molecule has 0 saturated carbocycles. The molecule has 0 bridgehead atoms. The number of methoxy groups -OCH3 is 1. The highest BCUT2D eigenvalue weighted by Gasteiger charge is 2.32. The van der Waals surface area contributed by atoms with Crippen molar-refractivity contribution in [2.75, 3.05) is 18.0 Å². The van der Waals surface area contributed by atoms with Crippen molar-refractivity contribution in [3.8, 4) is 5.75 Å². The molecule has 0 aliphatic rings. The Kier molecular flexibility index (Phi) is 9.30. The Morgan fingerprint density at radius 3 is 1.97 bits per heavy atom. The van der Waals surface area contributed by atoms with Crippen molar-refractivity contribution >= 4 is 27.5 Å². The van der Waals surface area contributed by atoms with E-state index in [1.54, 1.807) is 74.7 Å². The first-order valence-corrected chi connectivity index (χ1v) is 13.4. The molecule has 0 unspecified atom stereocenters. The molecule has 0 aliphatic carbocycles. The summed E-state index contributed by atoms with van der Waals surface area (Å²) in [5.41, 5.74) is 1.12. The number of sulfonamides is 1.